The average molecular weight is 637 g/mol. The molecule has 2 heteroatoms. The number of hydrogen-bond donors (Lipinski definition) is 0. The van der Waals surface area contributed by atoms with Crippen molar-refractivity contribution < 1.29 is 0 Å². The summed E-state index contributed by atoms with van der Waals surface area (Å²) in [6, 6.07) is 70.4. The molecule has 0 unspecified atom stereocenters. The zero-order chi connectivity index (χ0) is 33.0. The minimum atomic E-state index is 1.14. The zero-order valence-electron chi connectivity index (χ0n) is 27.4. The van der Waals surface area contributed by atoms with Crippen LogP contribution in [0.3, 0.4) is 0 Å². The van der Waals surface area contributed by atoms with Crippen molar-refractivity contribution in [2.45, 2.75) is 0 Å². The highest BCUT2D eigenvalue weighted by Gasteiger charge is 2.21. The van der Waals surface area contributed by atoms with Crippen LogP contribution in [-0.2, 0) is 0 Å². The van der Waals surface area contributed by atoms with E-state index in [-0.39, 0.29) is 0 Å². The minimum Gasteiger partial charge on any atom is -0.307 e. The van der Waals surface area contributed by atoms with Crippen molar-refractivity contribution in [3.8, 4) is 44.8 Å². The quantitative estimate of drug-likeness (QED) is 0.178. The Bertz CT molecular complexity index is 2840. The van der Waals surface area contributed by atoms with Gasteiger partial charge in [0.1, 0.15) is 0 Å². The molecule has 10 rings (SSSR count). The van der Waals surface area contributed by atoms with Crippen molar-refractivity contribution in [2.24, 2.45) is 0 Å². The van der Waals surface area contributed by atoms with Crippen LogP contribution < -0.4 is 0 Å². The van der Waals surface area contributed by atoms with Gasteiger partial charge in [0.15, 0.2) is 0 Å². The van der Waals surface area contributed by atoms with Gasteiger partial charge in [-0.05, 0) is 75.8 Å². The van der Waals surface area contributed by atoms with E-state index in [1.165, 1.54) is 77.0 Å². The maximum absolute atomic E-state index is 2.47. The van der Waals surface area contributed by atoms with Crippen molar-refractivity contribution in [1.82, 2.24) is 9.13 Å². The molecule has 2 heterocycles. The maximum atomic E-state index is 2.47. The zero-order valence-corrected chi connectivity index (χ0v) is 27.4. The van der Waals surface area contributed by atoms with Crippen LogP contribution in [0, 0.1) is 0 Å². The second-order valence-electron chi connectivity index (χ2n) is 13.0. The fourth-order valence-corrected chi connectivity index (χ4v) is 7.80. The molecule has 0 aliphatic carbocycles. The van der Waals surface area contributed by atoms with E-state index in [0.29, 0.717) is 0 Å². The lowest BCUT2D eigenvalue weighted by Gasteiger charge is -2.14. The van der Waals surface area contributed by atoms with Crippen molar-refractivity contribution in [1.29, 1.82) is 0 Å². The van der Waals surface area contributed by atoms with E-state index in [4.69, 9.17) is 0 Å². The summed E-state index contributed by atoms with van der Waals surface area (Å²) in [4.78, 5) is 0. The van der Waals surface area contributed by atoms with Gasteiger partial charge in [0.2, 0.25) is 0 Å². The Kier molecular flexibility index (Phi) is 6.53. The molecule has 2 aromatic heterocycles. The molecule has 0 bridgehead atoms. The molecule has 8 aromatic carbocycles. The summed E-state index contributed by atoms with van der Waals surface area (Å²) in [5, 5.41) is 4.99. The molecule has 2 nitrogen and oxygen atoms in total. The molecule has 0 aliphatic heterocycles. The molecule has 50 heavy (non-hydrogen) atoms. The summed E-state index contributed by atoms with van der Waals surface area (Å²) in [6.07, 6.45) is 0. The first-order chi connectivity index (χ1) is 24.8. The third-order valence-electron chi connectivity index (χ3n) is 10.1. The smallest absolute Gasteiger partial charge is 0.0788 e. The van der Waals surface area contributed by atoms with Crippen LogP contribution in [0.2, 0.25) is 0 Å². The van der Waals surface area contributed by atoms with E-state index in [9.17, 15) is 0 Å². The lowest BCUT2D eigenvalue weighted by molar-refractivity contribution is 1.15. The van der Waals surface area contributed by atoms with Gasteiger partial charge in [0.25, 0.3) is 0 Å². The highest BCUT2D eigenvalue weighted by molar-refractivity contribution is 6.23. The lowest BCUT2D eigenvalue weighted by atomic mass is 9.99. The third kappa shape index (κ3) is 4.50. The van der Waals surface area contributed by atoms with Crippen LogP contribution >= 0.6 is 0 Å². The van der Waals surface area contributed by atoms with E-state index in [1.54, 1.807) is 0 Å². The summed E-state index contributed by atoms with van der Waals surface area (Å²) >= 11 is 0. The van der Waals surface area contributed by atoms with Crippen molar-refractivity contribution >= 4 is 43.6 Å². The largest absolute Gasteiger partial charge is 0.307 e. The molecule has 0 N–H and O–H groups in total. The van der Waals surface area contributed by atoms with Gasteiger partial charge in [-0.2, -0.15) is 0 Å². The SMILES string of the molecule is c1ccc(-c2cccc(-c3ccc(-n4c5ccccc5c5ccc6c7ccccc7n(-c7cccc(-c8ccccc8)c7)c6c54)cc3)c2)cc1. The summed E-state index contributed by atoms with van der Waals surface area (Å²) in [5.41, 5.74) is 14.4. The van der Waals surface area contributed by atoms with Gasteiger partial charge in [-0.3, -0.25) is 0 Å². The summed E-state index contributed by atoms with van der Waals surface area (Å²) in [6.45, 7) is 0. The molecule has 234 valence electrons. The van der Waals surface area contributed by atoms with E-state index in [0.717, 1.165) is 11.4 Å². The Hall–Kier alpha value is -6.64. The number of nitrogens with zero attached hydrogens (tertiary/aromatic N) is 2. The Morgan fingerprint density at radius 1 is 0.240 bits per heavy atom. The molecular formula is C48H32N2. The number of aromatic nitrogens is 2. The summed E-state index contributed by atoms with van der Waals surface area (Å²) in [5.74, 6) is 0. The lowest BCUT2D eigenvalue weighted by Crippen LogP contribution is -1.99. The molecule has 0 spiro atoms. The van der Waals surface area contributed by atoms with Gasteiger partial charge >= 0.3 is 0 Å². The number of para-hydroxylation sites is 2. The van der Waals surface area contributed by atoms with Gasteiger partial charge in [-0.15, -0.1) is 0 Å². The van der Waals surface area contributed by atoms with Crippen LogP contribution in [0.1, 0.15) is 0 Å². The van der Waals surface area contributed by atoms with Gasteiger partial charge in [0.05, 0.1) is 22.1 Å². The van der Waals surface area contributed by atoms with Gasteiger partial charge in [0, 0.05) is 32.9 Å². The van der Waals surface area contributed by atoms with Gasteiger partial charge in [-0.25, -0.2) is 0 Å². The second kappa shape index (κ2) is 11.5. The fraction of sp³-hybridized carbons (Fsp3) is 0. The topological polar surface area (TPSA) is 9.86 Å². The highest BCUT2D eigenvalue weighted by atomic mass is 15.0. The highest BCUT2D eigenvalue weighted by Crippen LogP contribution is 2.42. The number of rotatable bonds is 5. The molecule has 0 amide bonds. The van der Waals surface area contributed by atoms with Crippen molar-refractivity contribution in [3.05, 3.63) is 194 Å². The van der Waals surface area contributed by atoms with Crippen molar-refractivity contribution in [3.63, 3.8) is 0 Å². The predicted octanol–water partition coefficient (Wildman–Crippen LogP) is 12.9. The van der Waals surface area contributed by atoms with Gasteiger partial charge in [-0.1, -0.05) is 152 Å². The molecule has 10 aromatic rings. The molecule has 0 radical (unpaired) electrons. The number of benzene rings is 8. The first-order valence-corrected chi connectivity index (χ1v) is 17.2. The molecule has 0 aliphatic rings. The number of hydrogen-bond acceptors (Lipinski definition) is 0. The van der Waals surface area contributed by atoms with Crippen molar-refractivity contribution in [2.75, 3.05) is 0 Å². The molecular weight excluding hydrogens is 605 g/mol. The fourth-order valence-electron chi connectivity index (χ4n) is 7.80. The molecule has 0 fully saturated rings. The predicted molar refractivity (Wildman–Crippen MR) is 211 cm³/mol. The van der Waals surface area contributed by atoms with Crippen LogP contribution in [0.25, 0.3) is 88.4 Å². The van der Waals surface area contributed by atoms with Crippen LogP contribution in [-0.4, -0.2) is 9.13 Å². The van der Waals surface area contributed by atoms with Gasteiger partial charge < -0.3 is 9.13 Å². The van der Waals surface area contributed by atoms with E-state index < -0.39 is 0 Å². The molecule has 0 saturated carbocycles. The van der Waals surface area contributed by atoms with Crippen LogP contribution in [0.4, 0.5) is 0 Å². The Labute approximate surface area is 290 Å². The Morgan fingerprint density at radius 2 is 0.660 bits per heavy atom. The van der Waals surface area contributed by atoms with Crippen LogP contribution in [0.5, 0.6) is 0 Å². The Balaban J connectivity index is 1.22. The average Bonchev–Trinajstić information content (AvgIpc) is 3.72. The monoisotopic (exact) mass is 636 g/mol. The first-order valence-electron chi connectivity index (χ1n) is 17.2. The third-order valence-corrected chi connectivity index (χ3v) is 10.1. The van der Waals surface area contributed by atoms with Crippen LogP contribution in [0.15, 0.2) is 194 Å². The summed E-state index contributed by atoms with van der Waals surface area (Å²) < 4.78 is 4.94. The first kappa shape index (κ1) is 28.4. The second-order valence-corrected chi connectivity index (χ2v) is 13.0. The Morgan fingerprint density at radius 3 is 1.22 bits per heavy atom. The van der Waals surface area contributed by atoms with E-state index in [2.05, 4.69) is 203 Å². The minimum absolute atomic E-state index is 1.14. The molecule has 0 atom stereocenters. The standard InChI is InChI=1S/C48H32N2/c1-3-13-33(14-4-1)36-17-11-18-37(31-36)35-25-27-39(28-26-35)49-45-23-9-7-21-41(45)43-29-30-44-42-22-8-10-24-46(42)50(48(44)47(43)49)40-20-12-19-38(32-40)34-15-5-2-6-16-34/h1-32H. The number of fused-ring (bicyclic) bond motifs is 7. The van der Waals surface area contributed by atoms with E-state index in [1.807, 2.05) is 0 Å². The summed E-state index contributed by atoms with van der Waals surface area (Å²) in [7, 11) is 0. The normalized spacial score (nSPS) is 11.6. The van der Waals surface area contributed by atoms with E-state index >= 15 is 0 Å². The molecule has 0 saturated heterocycles. The maximum Gasteiger partial charge on any atom is 0.0788 e.